The smallest absolute Gasteiger partial charge is 0.255 e. The molecule has 24 heavy (non-hydrogen) atoms. The number of nitrogens with one attached hydrogen (secondary N) is 1. The Balaban J connectivity index is 2.05. The summed E-state index contributed by atoms with van der Waals surface area (Å²) in [4.78, 5) is 20.8. The van der Waals surface area contributed by atoms with Crippen LogP contribution in [-0.4, -0.2) is 30.1 Å². The van der Waals surface area contributed by atoms with Gasteiger partial charge in [-0.15, -0.1) is 0 Å². The summed E-state index contributed by atoms with van der Waals surface area (Å²) >= 11 is 3.53. The van der Waals surface area contributed by atoms with Crippen LogP contribution in [0.3, 0.4) is 0 Å². The topological polar surface area (TPSA) is 99.4 Å². The molecule has 1 aromatic carbocycles. The third kappa shape index (κ3) is 2.77. The second-order valence-electron chi connectivity index (χ2n) is 5.45. The summed E-state index contributed by atoms with van der Waals surface area (Å²) in [5.74, 6) is 1.17. The molecule has 0 radical (unpaired) electrons. The van der Waals surface area contributed by atoms with E-state index in [4.69, 9.17) is 15.2 Å². The molecule has 126 valence electrons. The van der Waals surface area contributed by atoms with Gasteiger partial charge < -0.3 is 20.5 Å². The van der Waals surface area contributed by atoms with E-state index < -0.39 is 0 Å². The number of carbonyl (C=O) groups excluding carboxylic acids is 1. The van der Waals surface area contributed by atoms with Crippen LogP contribution in [0, 0.1) is 6.92 Å². The van der Waals surface area contributed by atoms with Crippen LogP contribution in [0.15, 0.2) is 16.6 Å². The second kappa shape index (κ2) is 6.27. The number of aromatic nitrogens is 2. The highest BCUT2D eigenvalue weighted by Crippen LogP contribution is 2.38. The van der Waals surface area contributed by atoms with E-state index in [1.54, 1.807) is 21.1 Å². The molecule has 3 N–H and O–H groups in total. The van der Waals surface area contributed by atoms with Crippen molar-refractivity contribution in [3.8, 4) is 11.5 Å². The standard InChI is InChI=1S/C16H17BrN4O3/c1-7-14-11(21-16(18)19-7)6-10(20-15(14)22)8-4-12(23-2)13(24-3)5-9(8)17/h4-5,10H,6H2,1-3H3,(H,20,22)(H2,18,19,21)/t10-/m1/s1. The maximum atomic E-state index is 12.5. The van der Waals surface area contributed by atoms with E-state index in [9.17, 15) is 4.79 Å². The van der Waals surface area contributed by atoms with Crippen LogP contribution in [-0.2, 0) is 6.42 Å². The average molecular weight is 393 g/mol. The number of anilines is 1. The summed E-state index contributed by atoms with van der Waals surface area (Å²) in [6, 6.07) is 3.40. The van der Waals surface area contributed by atoms with Crippen molar-refractivity contribution in [3.63, 3.8) is 0 Å². The number of ether oxygens (including phenoxy) is 2. The minimum Gasteiger partial charge on any atom is -0.493 e. The Morgan fingerprint density at radius 3 is 2.58 bits per heavy atom. The third-order valence-electron chi connectivity index (χ3n) is 3.99. The zero-order chi connectivity index (χ0) is 17.4. The Kier molecular flexibility index (Phi) is 4.31. The molecule has 0 fully saturated rings. The van der Waals surface area contributed by atoms with Crippen molar-refractivity contribution in [2.45, 2.75) is 19.4 Å². The van der Waals surface area contributed by atoms with Crippen molar-refractivity contribution in [2.24, 2.45) is 0 Å². The molecule has 8 heteroatoms. The zero-order valence-corrected chi connectivity index (χ0v) is 15.1. The van der Waals surface area contributed by atoms with Gasteiger partial charge in [-0.1, -0.05) is 15.9 Å². The number of hydrogen-bond acceptors (Lipinski definition) is 6. The highest BCUT2D eigenvalue weighted by Gasteiger charge is 2.30. The lowest BCUT2D eigenvalue weighted by Gasteiger charge is -2.27. The first-order chi connectivity index (χ1) is 11.4. The number of halogens is 1. The van der Waals surface area contributed by atoms with Gasteiger partial charge in [0.1, 0.15) is 0 Å². The van der Waals surface area contributed by atoms with Crippen LogP contribution in [0.1, 0.15) is 33.4 Å². The van der Waals surface area contributed by atoms with Gasteiger partial charge in [-0.3, -0.25) is 4.79 Å². The minimum absolute atomic E-state index is 0.172. The molecule has 1 aliphatic rings. The Morgan fingerprint density at radius 2 is 1.92 bits per heavy atom. The van der Waals surface area contributed by atoms with E-state index in [-0.39, 0.29) is 17.9 Å². The molecule has 0 spiro atoms. The molecule has 0 saturated carbocycles. The zero-order valence-electron chi connectivity index (χ0n) is 13.5. The first kappa shape index (κ1) is 16.5. The van der Waals surface area contributed by atoms with Crippen molar-refractivity contribution < 1.29 is 14.3 Å². The van der Waals surface area contributed by atoms with Crippen molar-refractivity contribution in [2.75, 3.05) is 20.0 Å². The number of nitrogen functional groups attached to an aromatic ring is 1. The first-order valence-corrected chi connectivity index (χ1v) is 8.09. The Bertz CT molecular complexity index is 825. The van der Waals surface area contributed by atoms with E-state index >= 15 is 0 Å². The normalized spacial score (nSPS) is 16.3. The fourth-order valence-electron chi connectivity index (χ4n) is 2.90. The highest BCUT2D eigenvalue weighted by molar-refractivity contribution is 9.10. The van der Waals surface area contributed by atoms with Crippen LogP contribution in [0.4, 0.5) is 5.95 Å². The molecule has 0 saturated heterocycles. The van der Waals surface area contributed by atoms with Crippen molar-refractivity contribution >= 4 is 27.8 Å². The lowest BCUT2D eigenvalue weighted by Crippen LogP contribution is -2.37. The molecule has 0 unspecified atom stereocenters. The van der Waals surface area contributed by atoms with Gasteiger partial charge in [0.15, 0.2) is 11.5 Å². The number of methoxy groups -OCH3 is 2. The third-order valence-corrected chi connectivity index (χ3v) is 4.68. The molecule has 3 rings (SSSR count). The van der Waals surface area contributed by atoms with Gasteiger partial charge in [-0.05, 0) is 24.6 Å². The first-order valence-electron chi connectivity index (χ1n) is 7.29. The van der Waals surface area contributed by atoms with Gasteiger partial charge >= 0.3 is 0 Å². The van der Waals surface area contributed by atoms with Crippen molar-refractivity contribution in [3.05, 3.63) is 39.1 Å². The van der Waals surface area contributed by atoms with E-state index in [0.717, 1.165) is 10.0 Å². The van der Waals surface area contributed by atoms with Crippen LogP contribution in [0.5, 0.6) is 11.5 Å². The van der Waals surface area contributed by atoms with E-state index in [1.807, 2.05) is 12.1 Å². The SMILES string of the molecule is COc1cc(Br)c([C@H]2Cc3nc(N)nc(C)c3C(=O)N2)cc1OC. The molecule has 1 aromatic heterocycles. The summed E-state index contributed by atoms with van der Waals surface area (Å²) in [5.41, 5.74) is 8.33. The molecular weight excluding hydrogens is 376 g/mol. The van der Waals surface area contributed by atoms with Crippen LogP contribution in [0.2, 0.25) is 0 Å². The molecule has 0 aliphatic carbocycles. The summed E-state index contributed by atoms with van der Waals surface area (Å²) in [6.07, 6.45) is 0.517. The Morgan fingerprint density at radius 1 is 1.25 bits per heavy atom. The fourth-order valence-corrected chi connectivity index (χ4v) is 3.50. The summed E-state index contributed by atoms with van der Waals surface area (Å²) in [7, 11) is 3.15. The maximum Gasteiger partial charge on any atom is 0.255 e. The highest BCUT2D eigenvalue weighted by atomic mass is 79.9. The number of carbonyl (C=O) groups is 1. The van der Waals surface area contributed by atoms with Crippen LogP contribution < -0.4 is 20.5 Å². The lowest BCUT2D eigenvalue weighted by atomic mass is 9.94. The molecule has 1 aliphatic heterocycles. The number of rotatable bonds is 3. The Labute approximate surface area is 147 Å². The molecule has 2 heterocycles. The van der Waals surface area contributed by atoms with Crippen molar-refractivity contribution in [1.29, 1.82) is 0 Å². The van der Waals surface area contributed by atoms with Crippen LogP contribution in [0.25, 0.3) is 0 Å². The second-order valence-corrected chi connectivity index (χ2v) is 6.30. The number of nitrogens with two attached hydrogens (primary N) is 1. The Hall–Kier alpha value is -2.35. The van der Waals surface area contributed by atoms with Crippen molar-refractivity contribution in [1.82, 2.24) is 15.3 Å². The molecule has 2 aromatic rings. The quantitative estimate of drug-likeness (QED) is 0.830. The average Bonchev–Trinajstić information content (AvgIpc) is 2.53. The predicted molar refractivity (Wildman–Crippen MR) is 92.3 cm³/mol. The number of aryl methyl sites for hydroxylation is 1. The summed E-state index contributed by atoms with van der Waals surface area (Å²) < 4.78 is 11.5. The number of nitrogens with zero attached hydrogens (tertiary/aromatic N) is 2. The molecular formula is C16H17BrN4O3. The number of benzene rings is 1. The number of hydrogen-bond donors (Lipinski definition) is 2. The summed E-state index contributed by atoms with van der Waals surface area (Å²) in [5, 5.41) is 2.99. The lowest BCUT2D eigenvalue weighted by molar-refractivity contribution is 0.0922. The molecule has 0 bridgehead atoms. The van der Waals surface area contributed by atoms with Gasteiger partial charge in [-0.2, -0.15) is 0 Å². The molecule has 7 nitrogen and oxygen atoms in total. The van der Waals surface area contributed by atoms with E-state index in [1.165, 1.54) is 0 Å². The van der Waals surface area contributed by atoms with Gasteiger partial charge in [0.05, 0.1) is 37.2 Å². The maximum absolute atomic E-state index is 12.5. The van der Waals surface area contributed by atoms with E-state index in [0.29, 0.717) is 34.9 Å². The van der Waals surface area contributed by atoms with Crippen LogP contribution >= 0.6 is 15.9 Å². The number of amides is 1. The summed E-state index contributed by atoms with van der Waals surface area (Å²) in [6.45, 7) is 1.75. The minimum atomic E-state index is -0.257. The molecule has 1 amide bonds. The number of fused-ring (bicyclic) bond motifs is 1. The van der Waals surface area contributed by atoms with E-state index in [2.05, 4.69) is 31.2 Å². The molecule has 1 atom stereocenters. The predicted octanol–water partition coefficient (Wildman–Crippen LogP) is 2.17. The van der Waals surface area contributed by atoms with Gasteiger partial charge in [0.2, 0.25) is 5.95 Å². The van der Waals surface area contributed by atoms with Gasteiger partial charge in [0, 0.05) is 10.9 Å². The largest absolute Gasteiger partial charge is 0.493 e. The van der Waals surface area contributed by atoms with Gasteiger partial charge in [-0.25, -0.2) is 9.97 Å². The van der Waals surface area contributed by atoms with Gasteiger partial charge in [0.25, 0.3) is 5.91 Å². The monoisotopic (exact) mass is 392 g/mol. The fraction of sp³-hybridized carbons (Fsp3) is 0.312.